The lowest BCUT2D eigenvalue weighted by Crippen LogP contribution is -2.47. The van der Waals surface area contributed by atoms with Crippen molar-refractivity contribution in [1.82, 2.24) is 19.9 Å². The lowest BCUT2D eigenvalue weighted by Gasteiger charge is -2.35. The summed E-state index contributed by atoms with van der Waals surface area (Å²) in [5.74, 6) is 1.71. The maximum absolute atomic E-state index is 5.68. The maximum atomic E-state index is 5.68. The van der Waals surface area contributed by atoms with Gasteiger partial charge >= 0.3 is 0 Å². The van der Waals surface area contributed by atoms with Gasteiger partial charge in [-0.3, -0.25) is 4.90 Å². The summed E-state index contributed by atoms with van der Waals surface area (Å²) in [4.78, 5) is 16.8. The van der Waals surface area contributed by atoms with Gasteiger partial charge in [0.05, 0.1) is 12.8 Å². The average molecular weight is 420 g/mol. The van der Waals surface area contributed by atoms with Gasteiger partial charge in [0.15, 0.2) is 11.6 Å². The van der Waals surface area contributed by atoms with E-state index in [1.807, 2.05) is 6.92 Å². The number of aromatic nitrogens is 3. The molecule has 1 fully saturated rings. The lowest BCUT2D eigenvalue weighted by molar-refractivity contribution is 0.253. The first kappa shape index (κ1) is 22.9. The summed E-state index contributed by atoms with van der Waals surface area (Å²) in [5.41, 5.74) is 2.66. The number of fused-ring (bicyclic) bond motifs is 1. The largest absolute Gasteiger partial charge is 0.488 e. The van der Waals surface area contributed by atoms with E-state index in [1.54, 1.807) is 12.5 Å². The van der Waals surface area contributed by atoms with Crippen molar-refractivity contribution in [2.24, 2.45) is 0 Å². The number of halogens is 1. The second-order valence-corrected chi connectivity index (χ2v) is 6.94. The van der Waals surface area contributed by atoms with Crippen LogP contribution < -0.4 is 9.64 Å². The normalized spacial score (nSPS) is 14.3. The molecule has 8 heteroatoms. The highest BCUT2D eigenvalue weighted by molar-refractivity contribution is 5.85. The molecule has 3 aromatic rings. The second kappa shape index (κ2) is 11.0. The van der Waals surface area contributed by atoms with Gasteiger partial charge in [0, 0.05) is 43.3 Å². The number of benzene rings is 1. The van der Waals surface area contributed by atoms with Crippen LogP contribution in [0.25, 0.3) is 10.9 Å². The molecule has 158 valence electrons. The molecule has 0 aliphatic carbocycles. The molecule has 1 aromatic carbocycles. The van der Waals surface area contributed by atoms with Crippen molar-refractivity contribution in [2.45, 2.75) is 19.8 Å². The fourth-order valence-electron chi connectivity index (χ4n) is 3.82. The molecule has 3 heterocycles. The van der Waals surface area contributed by atoms with E-state index in [9.17, 15) is 0 Å². The molecule has 0 saturated carbocycles. The van der Waals surface area contributed by atoms with Crippen molar-refractivity contribution in [3.63, 3.8) is 0 Å². The first-order chi connectivity index (χ1) is 13.3. The Labute approximate surface area is 177 Å². The zero-order valence-electron chi connectivity index (χ0n) is 16.8. The van der Waals surface area contributed by atoms with Crippen LogP contribution in [0.4, 0.5) is 5.82 Å². The van der Waals surface area contributed by atoms with E-state index >= 15 is 0 Å². The molecule has 0 amide bonds. The smallest absolute Gasteiger partial charge is 0.180 e. The molecule has 1 aliphatic rings. The predicted octanol–water partition coefficient (Wildman–Crippen LogP) is 2.71. The summed E-state index contributed by atoms with van der Waals surface area (Å²) in [6.45, 7) is 7.83. The van der Waals surface area contributed by atoms with E-state index in [4.69, 9.17) is 4.74 Å². The third kappa shape index (κ3) is 5.38. The molecule has 29 heavy (non-hydrogen) atoms. The molecular weight excluding hydrogens is 390 g/mol. The number of aryl methyl sites for hydroxylation is 1. The first-order valence-electron chi connectivity index (χ1n) is 9.80. The van der Waals surface area contributed by atoms with E-state index in [0.29, 0.717) is 6.61 Å². The number of anilines is 1. The molecule has 0 spiro atoms. The van der Waals surface area contributed by atoms with Crippen LogP contribution in [-0.4, -0.2) is 64.7 Å². The van der Waals surface area contributed by atoms with Gasteiger partial charge < -0.3 is 20.1 Å². The summed E-state index contributed by atoms with van der Waals surface area (Å²) >= 11 is 0. The van der Waals surface area contributed by atoms with Crippen molar-refractivity contribution in [1.29, 1.82) is 0 Å². The number of piperazine rings is 1. The van der Waals surface area contributed by atoms with Crippen LogP contribution in [0.3, 0.4) is 0 Å². The minimum atomic E-state index is 0. The number of ether oxygens (including phenoxy) is 1. The Bertz CT molecular complexity index is 880. The molecule has 0 bridgehead atoms. The van der Waals surface area contributed by atoms with Crippen LogP contribution in [-0.2, 0) is 6.42 Å². The lowest BCUT2D eigenvalue weighted by atomic mass is 10.1. The highest BCUT2D eigenvalue weighted by Gasteiger charge is 2.20. The van der Waals surface area contributed by atoms with Crippen LogP contribution in [0.2, 0.25) is 0 Å². The van der Waals surface area contributed by atoms with E-state index in [2.05, 4.69) is 55.2 Å². The van der Waals surface area contributed by atoms with Crippen LogP contribution in [0, 0.1) is 0 Å². The van der Waals surface area contributed by atoms with Crippen LogP contribution in [0.1, 0.15) is 18.9 Å². The average Bonchev–Trinajstić information content (AvgIpc) is 3.13. The zero-order chi connectivity index (χ0) is 18.5. The molecular formula is C21H30ClN5O2. The fraction of sp³-hybridized carbons (Fsp3) is 0.429. The van der Waals surface area contributed by atoms with Gasteiger partial charge in [-0.2, -0.15) is 0 Å². The number of hydrogen-bond donors (Lipinski definition) is 1. The van der Waals surface area contributed by atoms with Gasteiger partial charge in [0.25, 0.3) is 0 Å². The van der Waals surface area contributed by atoms with E-state index in [-0.39, 0.29) is 17.9 Å². The maximum Gasteiger partial charge on any atom is 0.180 e. The Morgan fingerprint density at radius 2 is 1.93 bits per heavy atom. The molecule has 2 aromatic heterocycles. The topological polar surface area (TPSA) is 88.8 Å². The number of H-pyrrole nitrogens is 1. The van der Waals surface area contributed by atoms with Gasteiger partial charge in [0.1, 0.15) is 6.33 Å². The zero-order valence-corrected chi connectivity index (χ0v) is 17.6. The highest BCUT2D eigenvalue weighted by Crippen LogP contribution is 2.25. The standard InChI is InChI=1S/C21H27N5O.ClH.H2O/c1-2-27-20-15-22-16-24-21(20)26-12-10-25(11-13-26)9-5-6-17-14-23-19-8-4-3-7-18(17)19;;/h3-4,7-8,14-16,23H,2,5-6,9-13H2,1H3;1H;1H2. The Kier molecular flexibility index (Phi) is 8.70. The quantitative estimate of drug-likeness (QED) is 0.636. The number of aromatic amines is 1. The summed E-state index contributed by atoms with van der Waals surface area (Å²) in [5, 5.41) is 1.36. The van der Waals surface area contributed by atoms with Crippen molar-refractivity contribution in [3.05, 3.63) is 48.5 Å². The number of nitrogens with zero attached hydrogens (tertiary/aromatic N) is 4. The second-order valence-electron chi connectivity index (χ2n) is 6.94. The predicted molar refractivity (Wildman–Crippen MR) is 119 cm³/mol. The van der Waals surface area contributed by atoms with E-state index < -0.39 is 0 Å². The van der Waals surface area contributed by atoms with Gasteiger partial charge in [-0.1, -0.05) is 18.2 Å². The van der Waals surface area contributed by atoms with Gasteiger partial charge in [-0.05, 0) is 37.9 Å². The number of hydrogen-bond acceptors (Lipinski definition) is 5. The Balaban J connectivity index is 0.00000150. The molecule has 3 N–H and O–H groups in total. The molecule has 4 rings (SSSR count). The van der Waals surface area contributed by atoms with Crippen molar-refractivity contribution >= 4 is 29.1 Å². The third-order valence-electron chi connectivity index (χ3n) is 5.23. The minimum Gasteiger partial charge on any atom is -0.488 e. The summed E-state index contributed by atoms with van der Waals surface area (Å²) in [6, 6.07) is 8.54. The van der Waals surface area contributed by atoms with Crippen molar-refractivity contribution in [2.75, 3.05) is 44.2 Å². The number of rotatable bonds is 7. The summed E-state index contributed by atoms with van der Waals surface area (Å²) < 4.78 is 5.68. The molecule has 0 atom stereocenters. The number of nitrogens with one attached hydrogen (secondary N) is 1. The van der Waals surface area contributed by atoms with Crippen molar-refractivity contribution < 1.29 is 10.2 Å². The van der Waals surface area contributed by atoms with E-state index in [0.717, 1.165) is 50.7 Å². The first-order valence-corrected chi connectivity index (χ1v) is 9.80. The monoisotopic (exact) mass is 419 g/mol. The third-order valence-corrected chi connectivity index (χ3v) is 5.23. The summed E-state index contributed by atoms with van der Waals surface area (Å²) in [6.07, 6.45) is 7.82. The molecule has 0 unspecified atom stereocenters. The Hall–Kier alpha value is -2.35. The number of para-hydroxylation sites is 1. The SMILES string of the molecule is CCOc1cncnc1N1CCN(CCCc2c[nH]c3ccccc23)CC1.Cl.O. The Morgan fingerprint density at radius 1 is 1.14 bits per heavy atom. The van der Waals surface area contributed by atoms with Crippen molar-refractivity contribution in [3.8, 4) is 5.75 Å². The molecule has 7 nitrogen and oxygen atoms in total. The highest BCUT2D eigenvalue weighted by atomic mass is 35.5. The molecule has 1 aliphatic heterocycles. The van der Waals surface area contributed by atoms with Gasteiger partial charge in [0.2, 0.25) is 0 Å². The summed E-state index contributed by atoms with van der Waals surface area (Å²) in [7, 11) is 0. The minimum absolute atomic E-state index is 0. The van der Waals surface area contributed by atoms with Crippen LogP contribution in [0.15, 0.2) is 43.0 Å². The van der Waals surface area contributed by atoms with Crippen LogP contribution >= 0.6 is 12.4 Å². The molecule has 0 radical (unpaired) electrons. The molecule has 1 saturated heterocycles. The van der Waals surface area contributed by atoms with Gasteiger partial charge in [-0.25, -0.2) is 9.97 Å². The fourth-order valence-corrected chi connectivity index (χ4v) is 3.82. The van der Waals surface area contributed by atoms with Gasteiger partial charge in [-0.15, -0.1) is 12.4 Å². The Morgan fingerprint density at radius 3 is 2.72 bits per heavy atom. The van der Waals surface area contributed by atoms with E-state index in [1.165, 1.54) is 22.9 Å². The van der Waals surface area contributed by atoms with Crippen LogP contribution in [0.5, 0.6) is 5.75 Å².